The van der Waals surface area contributed by atoms with Gasteiger partial charge < -0.3 is 13.8 Å². The van der Waals surface area contributed by atoms with E-state index in [1.807, 2.05) is 0 Å². The summed E-state index contributed by atoms with van der Waals surface area (Å²) in [6.07, 6.45) is -10.8. The Morgan fingerprint density at radius 1 is 1.00 bits per heavy atom. The Morgan fingerprint density at radius 3 is 1.87 bits per heavy atom. The van der Waals surface area contributed by atoms with Gasteiger partial charge in [0.1, 0.15) is 5.60 Å². The van der Waals surface area contributed by atoms with Crippen LogP contribution in [0.25, 0.3) is 0 Å². The van der Waals surface area contributed by atoms with Gasteiger partial charge in [-0.2, -0.15) is 47.9 Å². The number of alkyl halides is 10. The van der Waals surface area contributed by atoms with E-state index in [0.29, 0.717) is 11.0 Å². The standard InChI is InChI=1S/C14H15F10NO5S/c1-10(2,3)29-9(26)25-5-4-8(7(15)6-25)30-31(27,28)14(23,24)12(18,19)11(16,17)13(20,21)22/h4,7H,5-6H2,1-3H3. The second-order valence-electron chi connectivity index (χ2n) is 7.16. The van der Waals surface area contributed by atoms with Gasteiger partial charge in [0, 0.05) is 6.54 Å². The second-order valence-corrected chi connectivity index (χ2v) is 8.75. The van der Waals surface area contributed by atoms with Crippen molar-refractivity contribution >= 4 is 16.2 Å². The largest absolute Gasteiger partial charge is 0.460 e. The maximum absolute atomic E-state index is 14.1. The van der Waals surface area contributed by atoms with Crippen molar-refractivity contribution in [1.29, 1.82) is 0 Å². The first-order valence-electron chi connectivity index (χ1n) is 7.94. The van der Waals surface area contributed by atoms with Crippen molar-refractivity contribution in [1.82, 2.24) is 4.90 Å². The summed E-state index contributed by atoms with van der Waals surface area (Å²) in [6, 6.07) is 0. The van der Waals surface area contributed by atoms with Gasteiger partial charge in [0.05, 0.1) is 6.54 Å². The molecule has 1 aliphatic rings. The lowest BCUT2D eigenvalue weighted by Gasteiger charge is -2.34. The van der Waals surface area contributed by atoms with Crippen LogP contribution in [-0.4, -0.2) is 67.5 Å². The number of hydrogen-bond acceptors (Lipinski definition) is 5. The first-order valence-corrected chi connectivity index (χ1v) is 9.35. The van der Waals surface area contributed by atoms with Gasteiger partial charge in [-0.05, 0) is 26.8 Å². The van der Waals surface area contributed by atoms with E-state index in [1.54, 1.807) is 0 Å². The van der Waals surface area contributed by atoms with Gasteiger partial charge in [-0.3, -0.25) is 0 Å². The van der Waals surface area contributed by atoms with E-state index >= 15 is 0 Å². The topological polar surface area (TPSA) is 72.9 Å². The number of amides is 1. The molecule has 0 N–H and O–H groups in total. The van der Waals surface area contributed by atoms with E-state index in [0.717, 1.165) is 0 Å². The summed E-state index contributed by atoms with van der Waals surface area (Å²) in [7, 11) is -7.27. The van der Waals surface area contributed by atoms with Gasteiger partial charge in [0.2, 0.25) is 0 Å². The summed E-state index contributed by atoms with van der Waals surface area (Å²) in [6.45, 7) is 2.45. The number of carbonyl (C=O) groups is 1. The third kappa shape index (κ3) is 5.11. The summed E-state index contributed by atoms with van der Waals surface area (Å²) < 4.78 is 161. The molecular formula is C14H15F10NO5S. The molecule has 0 bridgehead atoms. The molecule has 1 amide bonds. The van der Waals surface area contributed by atoms with Crippen molar-refractivity contribution in [2.24, 2.45) is 0 Å². The second kappa shape index (κ2) is 7.88. The van der Waals surface area contributed by atoms with Crippen LogP contribution >= 0.6 is 0 Å². The predicted molar refractivity (Wildman–Crippen MR) is 81.7 cm³/mol. The van der Waals surface area contributed by atoms with E-state index in [4.69, 9.17) is 4.74 Å². The van der Waals surface area contributed by atoms with Crippen molar-refractivity contribution in [3.63, 3.8) is 0 Å². The summed E-state index contributed by atoms with van der Waals surface area (Å²) in [5, 5.41) is -7.12. The molecule has 1 unspecified atom stereocenters. The van der Waals surface area contributed by atoms with Crippen molar-refractivity contribution in [3.8, 4) is 0 Å². The fourth-order valence-electron chi connectivity index (χ4n) is 1.94. The first-order chi connectivity index (χ1) is 13.5. The molecule has 0 aromatic rings. The van der Waals surface area contributed by atoms with Crippen LogP contribution in [0.5, 0.6) is 0 Å². The van der Waals surface area contributed by atoms with Gasteiger partial charge >= 0.3 is 39.5 Å². The Morgan fingerprint density at radius 2 is 1.48 bits per heavy atom. The normalized spacial score (nSPS) is 19.7. The van der Waals surface area contributed by atoms with E-state index in [2.05, 4.69) is 4.18 Å². The Hall–Kier alpha value is -1.94. The highest BCUT2D eigenvalue weighted by Crippen LogP contribution is 2.55. The Bertz CT molecular complexity index is 831. The molecule has 0 fully saturated rings. The third-order valence-electron chi connectivity index (χ3n) is 3.49. The fraction of sp³-hybridized carbons (Fsp3) is 0.786. The monoisotopic (exact) mass is 499 g/mol. The number of rotatable bonds is 5. The highest BCUT2D eigenvalue weighted by Gasteiger charge is 2.86. The zero-order valence-electron chi connectivity index (χ0n) is 15.7. The molecule has 17 heteroatoms. The molecule has 31 heavy (non-hydrogen) atoms. The zero-order valence-corrected chi connectivity index (χ0v) is 16.6. The molecule has 6 nitrogen and oxygen atoms in total. The van der Waals surface area contributed by atoms with E-state index in [-0.39, 0.29) is 0 Å². The van der Waals surface area contributed by atoms with Crippen molar-refractivity contribution < 1.29 is 66.0 Å². The molecule has 182 valence electrons. The predicted octanol–water partition coefficient (Wildman–Crippen LogP) is 4.23. The molecule has 0 aromatic heterocycles. The van der Waals surface area contributed by atoms with Crippen LogP contribution in [0.3, 0.4) is 0 Å². The van der Waals surface area contributed by atoms with Crippen LogP contribution in [0.4, 0.5) is 48.7 Å². The number of hydrogen-bond donors (Lipinski definition) is 0. The van der Waals surface area contributed by atoms with Crippen molar-refractivity contribution in [2.45, 2.75) is 55.8 Å². The SMILES string of the molecule is CC(C)(C)OC(=O)N1CC=C(OS(=O)(=O)C(F)(F)C(F)(F)C(F)(F)C(F)(F)F)C(F)C1. The maximum atomic E-state index is 14.1. The minimum atomic E-state index is -7.51. The molecular weight excluding hydrogens is 484 g/mol. The highest BCUT2D eigenvalue weighted by molar-refractivity contribution is 7.88. The van der Waals surface area contributed by atoms with E-state index < -0.39 is 70.1 Å². The number of carbonyl (C=O) groups excluding carboxylic acids is 1. The molecule has 0 radical (unpaired) electrons. The lowest BCUT2D eigenvalue weighted by molar-refractivity contribution is -0.382. The van der Waals surface area contributed by atoms with Gasteiger partial charge in [0.25, 0.3) is 0 Å². The Labute approximate surface area is 168 Å². The first kappa shape index (κ1) is 27.1. The van der Waals surface area contributed by atoms with Gasteiger partial charge in [-0.1, -0.05) is 0 Å². The summed E-state index contributed by atoms with van der Waals surface area (Å²) in [4.78, 5) is 12.4. The van der Waals surface area contributed by atoms with Crippen LogP contribution in [0.15, 0.2) is 11.8 Å². The number of halogens is 10. The fourth-order valence-corrected chi connectivity index (χ4v) is 2.92. The molecule has 1 atom stereocenters. The summed E-state index contributed by atoms with van der Waals surface area (Å²) >= 11 is 0. The minimum absolute atomic E-state index is 0.311. The lowest BCUT2D eigenvalue weighted by Crippen LogP contribution is -2.63. The number of ether oxygens (including phenoxy) is 1. The highest BCUT2D eigenvalue weighted by atomic mass is 32.2. The van der Waals surface area contributed by atoms with Crippen molar-refractivity contribution in [3.05, 3.63) is 11.8 Å². The Balaban J connectivity index is 3.15. The molecule has 0 saturated carbocycles. The van der Waals surface area contributed by atoms with E-state index in [9.17, 15) is 57.1 Å². The van der Waals surface area contributed by atoms with Crippen LogP contribution in [0.2, 0.25) is 0 Å². The van der Waals surface area contributed by atoms with Gasteiger partial charge in [-0.25, -0.2) is 9.18 Å². The lowest BCUT2D eigenvalue weighted by atomic mass is 10.1. The van der Waals surface area contributed by atoms with Gasteiger partial charge in [0.15, 0.2) is 11.9 Å². The summed E-state index contributed by atoms with van der Waals surface area (Å²) in [5.74, 6) is -16.6. The molecule has 1 rings (SSSR count). The maximum Gasteiger partial charge on any atom is 0.460 e. The minimum Gasteiger partial charge on any atom is -0.444 e. The molecule has 1 heterocycles. The van der Waals surface area contributed by atoms with Crippen LogP contribution in [0, 0.1) is 0 Å². The zero-order chi connectivity index (χ0) is 24.8. The Kier molecular flexibility index (Phi) is 6.89. The average molecular weight is 499 g/mol. The smallest absolute Gasteiger partial charge is 0.444 e. The number of nitrogens with zero attached hydrogens (tertiary/aromatic N) is 1. The van der Waals surface area contributed by atoms with Crippen LogP contribution in [-0.2, 0) is 19.0 Å². The molecule has 0 spiro atoms. The molecule has 0 aliphatic carbocycles. The van der Waals surface area contributed by atoms with Crippen LogP contribution < -0.4 is 0 Å². The van der Waals surface area contributed by atoms with Gasteiger partial charge in [-0.15, -0.1) is 0 Å². The molecule has 0 saturated heterocycles. The average Bonchev–Trinajstić information content (AvgIpc) is 2.53. The third-order valence-corrected chi connectivity index (χ3v) is 4.79. The molecule has 1 aliphatic heterocycles. The van der Waals surface area contributed by atoms with E-state index in [1.165, 1.54) is 20.8 Å². The molecule has 0 aromatic carbocycles. The van der Waals surface area contributed by atoms with Crippen molar-refractivity contribution in [2.75, 3.05) is 13.1 Å². The summed E-state index contributed by atoms with van der Waals surface area (Å²) in [5.41, 5.74) is -1.05. The van der Waals surface area contributed by atoms with Crippen LogP contribution in [0.1, 0.15) is 20.8 Å². The quantitative estimate of drug-likeness (QED) is 0.418.